The Kier molecular flexibility index (Phi) is 10.8. The summed E-state index contributed by atoms with van der Waals surface area (Å²) in [4.78, 5) is 73.9. The standard InChI is InChI=1S/C30H30N2O12/c1-41-23(35)11-19(15-3-7-17(8-4-15)43-13-21(31)33)25-27(37)29(39)26(30(40)28(25)38)20(12-24(36)42-2)16-5-9-18(10-6-16)44-14-22(32)34/h3-10,19-20,37,40H,11-14H2,1-2H3,(H2,31,33)(H2,32,34)/t19-,20-/m1/s1. The molecule has 0 aromatic heterocycles. The molecule has 0 aliphatic heterocycles. The Balaban J connectivity index is 2.05. The molecule has 14 heteroatoms. The van der Waals surface area contributed by atoms with Crippen LogP contribution in [-0.2, 0) is 38.2 Å². The zero-order valence-electron chi connectivity index (χ0n) is 23.7. The molecule has 14 nitrogen and oxygen atoms in total. The van der Waals surface area contributed by atoms with E-state index in [4.69, 9.17) is 30.4 Å². The van der Waals surface area contributed by atoms with E-state index in [2.05, 4.69) is 0 Å². The topological polar surface area (TPSA) is 232 Å². The third-order valence-electron chi connectivity index (χ3n) is 6.65. The first kappa shape index (κ1) is 32.8. The first-order chi connectivity index (χ1) is 20.9. The van der Waals surface area contributed by atoms with Crippen molar-refractivity contribution in [3.8, 4) is 11.5 Å². The molecule has 1 aliphatic rings. The van der Waals surface area contributed by atoms with Gasteiger partial charge in [-0.25, -0.2) is 0 Å². The van der Waals surface area contributed by atoms with Crippen LogP contribution in [-0.4, -0.2) is 73.0 Å². The van der Waals surface area contributed by atoms with E-state index in [1.54, 1.807) is 0 Å². The van der Waals surface area contributed by atoms with Crippen molar-refractivity contribution in [1.29, 1.82) is 0 Å². The molecule has 2 amide bonds. The Morgan fingerprint density at radius 3 is 1.23 bits per heavy atom. The third-order valence-corrected chi connectivity index (χ3v) is 6.65. The molecule has 2 aromatic carbocycles. The predicted octanol–water partition coefficient (Wildman–Crippen LogP) is 1.18. The maximum atomic E-state index is 13.6. The van der Waals surface area contributed by atoms with E-state index in [0.29, 0.717) is 0 Å². The summed E-state index contributed by atoms with van der Waals surface area (Å²) in [5, 5.41) is 22.2. The van der Waals surface area contributed by atoms with Crippen LogP contribution in [0.5, 0.6) is 11.5 Å². The Morgan fingerprint density at radius 1 is 0.636 bits per heavy atom. The number of ketones is 2. The van der Waals surface area contributed by atoms with Gasteiger partial charge in [-0.05, 0) is 35.4 Å². The highest BCUT2D eigenvalue weighted by molar-refractivity contribution is 6.24. The molecule has 0 unspecified atom stereocenters. The number of primary amides is 2. The zero-order valence-corrected chi connectivity index (χ0v) is 23.7. The van der Waals surface area contributed by atoms with Crippen LogP contribution in [0.25, 0.3) is 0 Å². The Morgan fingerprint density at radius 2 is 0.955 bits per heavy atom. The number of esters is 2. The quantitative estimate of drug-likeness (QED) is 0.174. The van der Waals surface area contributed by atoms with Gasteiger partial charge in [-0.3, -0.25) is 28.8 Å². The van der Waals surface area contributed by atoms with Gasteiger partial charge in [0.1, 0.15) is 11.5 Å². The molecule has 0 bridgehead atoms. The van der Waals surface area contributed by atoms with Gasteiger partial charge in [-0.1, -0.05) is 24.3 Å². The molecule has 232 valence electrons. The molecule has 1 aliphatic carbocycles. The third kappa shape index (κ3) is 7.79. The number of aliphatic hydroxyl groups is 2. The SMILES string of the molecule is COC(=O)C[C@@H](C1=C(O)C(=O)C([C@H](CC(=O)OC)c2ccc(OCC(N)=O)cc2)=C(O)C1=O)c1ccc(OCC(N)=O)cc1. The zero-order chi connectivity index (χ0) is 32.6. The van der Waals surface area contributed by atoms with Gasteiger partial charge in [0.15, 0.2) is 24.7 Å². The second-order valence-electron chi connectivity index (χ2n) is 9.50. The van der Waals surface area contributed by atoms with Gasteiger partial charge in [-0.15, -0.1) is 0 Å². The van der Waals surface area contributed by atoms with Crippen LogP contribution in [0.4, 0.5) is 0 Å². The number of methoxy groups -OCH3 is 2. The Labute approximate surface area is 250 Å². The van der Waals surface area contributed by atoms with Gasteiger partial charge in [0.05, 0.1) is 38.2 Å². The lowest BCUT2D eigenvalue weighted by molar-refractivity contribution is -0.142. The van der Waals surface area contributed by atoms with Crippen molar-refractivity contribution in [1.82, 2.24) is 0 Å². The molecule has 0 spiro atoms. The maximum absolute atomic E-state index is 13.6. The molecule has 0 fully saturated rings. The minimum atomic E-state index is -1.26. The molecule has 2 atom stereocenters. The minimum Gasteiger partial charge on any atom is -0.504 e. The van der Waals surface area contributed by atoms with Crippen LogP contribution in [0, 0.1) is 0 Å². The van der Waals surface area contributed by atoms with Crippen LogP contribution in [0.3, 0.4) is 0 Å². The number of ether oxygens (including phenoxy) is 4. The van der Waals surface area contributed by atoms with Gasteiger partial charge < -0.3 is 40.6 Å². The monoisotopic (exact) mass is 610 g/mol. The summed E-state index contributed by atoms with van der Waals surface area (Å²) < 4.78 is 19.9. The smallest absolute Gasteiger partial charge is 0.306 e. The molecule has 0 saturated carbocycles. The highest BCUT2D eigenvalue weighted by Crippen LogP contribution is 2.41. The van der Waals surface area contributed by atoms with Crippen molar-refractivity contribution in [3.63, 3.8) is 0 Å². The van der Waals surface area contributed by atoms with Gasteiger partial charge >= 0.3 is 11.9 Å². The first-order valence-corrected chi connectivity index (χ1v) is 13.0. The normalized spacial score (nSPS) is 14.5. The summed E-state index contributed by atoms with van der Waals surface area (Å²) in [6.07, 6.45) is -1.01. The molecular formula is C30H30N2O12. The summed E-state index contributed by atoms with van der Waals surface area (Å²) >= 11 is 0. The fraction of sp³-hybridized carbons (Fsp3) is 0.267. The first-order valence-electron chi connectivity index (χ1n) is 13.0. The molecular weight excluding hydrogens is 580 g/mol. The number of aliphatic hydroxyl groups excluding tert-OH is 2. The summed E-state index contributed by atoms with van der Waals surface area (Å²) in [6.45, 7) is -0.803. The molecule has 0 heterocycles. The second kappa shape index (κ2) is 14.5. The van der Waals surface area contributed by atoms with Gasteiger partial charge in [-0.2, -0.15) is 0 Å². The predicted molar refractivity (Wildman–Crippen MR) is 150 cm³/mol. The van der Waals surface area contributed by atoms with E-state index in [9.17, 15) is 39.0 Å². The van der Waals surface area contributed by atoms with Crippen molar-refractivity contribution in [2.24, 2.45) is 11.5 Å². The van der Waals surface area contributed by atoms with Crippen LogP contribution in [0.1, 0.15) is 35.8 Å². The second-order valence-corrected chi connectivity index (χ2v) is 9.50. The average Bonchev–Trinajstić information content (AvgIpc) is 3.01. The summed E-state index contributed by atoms with van der Waals surface area (Å²) in [5.74, 6) is -9.45. The van der Waals surface area contributed by atoms with Crippen LogP contribution in [0.2, 0.25) is 0 Å². The van der Waals surface area contributed by atoms with Crippen LogP contribution in [0.15, 0.2) is 71.2 Å². The van der Waals surface area contributed by atoms with Crippen molar-refractivity contribution in [2.45, 2.75) is 24.7 Å². The lowest BCUT2D eigenvalue weighted by atomic mass is 9.76. The van der Waals surface area contributed by atoms with Crippen molar-refractivity contribution >= 4 is 35.3 Å². The van der Waals surface area contributed by atoms with E-state index < -0.39 is 95.9 Å². The maximum Gasteiger partial charge on any atom is 0.306 e. The number of nitrogens with two attached hydrogens (primary N) is 2. The molecule has 0 saturated heterocycles. The Bertz CT molecular complexity index is 1410. The van der Waals surface area contributed by atoms with Crippen molar-refractivity contribution in [2.75, 3.05) is 27.4 Å². The lowest BCUT2D eigenvalue weighted by Gasteiger charge is -2.27. The number of rotatable bonds is 14. The van der Waals surface area contributed by atoms with Crippen molar-refractivity contribution in [3.05, 3.63) is 82.3 Å². The summed E-state index contributed by atoms with van der Waals surface area (Å²) in [7, 11) is 2.22. The van der Waals surface area contributed by atoms with Gasteiger partial charge in [0.2, 0.25) is 11.6 Å². The van der Waals surface area contributed by atoms with E-state index >= 15 is 0 Å². The van der Waals surface area contributed by atoms with Gasteiger partial charge in [0.25, 0.3) is 11.8 Å². The number of amides is 2. The van der Waals surface area contributed by atoms with Crippen LogP contribution >= 0.6 is 0 Å². The molecule has 2 aromatic rings. The summed E-state index contributed by atoms with van der Waals surface area (Å²) in [6, 6.07) is 11.4. The summed E-state index contributed by atoms with van der Waals surface area (Å²) in [5.41, 5.74) is 9.55. The van der Waals surface area contributed by atoms with E-state index in [-0.39, 0.29) is 22.6 Å². The molecule has 0 radical (unpaired) electrons. The highest BCUT2D eigenvalue weighted by Gasteiger charge is 2.43. The number of hydrogen-bond donors (Lipinski definition) is 4. The van der Waals surface area contributed by atoms with E-state index in [1.165, 1.54) is 48.5 Å². The number of hydrogen-bond acceptors (Lipinski definition) is 12. The number of allylic oxidation sites excluding steroid dienone is 2. The number of Topliss-reactive ketones (excluding diaryl/α,β-unsaturated/α-hetero) is 2. The lowest BCUT2D eigenvalue weighted by Crippen LogP contribution is -2.31. The highest BCUT2D eigenvalue weighted by atomic mass is 16.5. The number of carbonyl (C=O) groups is 6. The minimum absolute atomic E-state index is 0.232. The molecule has 3 rings (SSSR count). The number of benzene rings is 2. The fourth-order valence-corrected chi connectivity index (χ4v) is 4.54. The largest absolute Gasteiger partial charge is 0.504 e. The average molecular weight is 611 g/mol. The van der Waals surface area contributed by atoms with Crippen molar-refractivity contribution < 1.29 is 57.9 Å². The molecule has 44 heavy (non-hydrogen) atoms. The van der Waals surface area contributed by atoms with E-state index in [1.807, 2.05) is 0 Å². The number of carbonyl (C=O) groups excluding carboxylic acids is 6. The molecule has 6 N–H and O–H groups in total. The van der Waals surface area contributed by atoms with Crippen LogP contribution < -0.4 is 20.9 Å². The Hall–Kier alpha value is -5.66. The van der Waals surface area contributed by atoms with Gasteiger partial charge in [0, 0.05) is 11.8 Å². The van der Waals surface area contributed by atoms with E-state index in [0.717, 1.165) is 14.2 Å². The fourth-order valence-electron chi connectivity index (χ4n) is 4.54.